The summed E-state index contributed by atoms with van der Waals surface area (Å²) in [5.74, 6) is 0.103. The summed E-state index contributed by atoms with van der Waals surface area (Å²) in [6.07, 6.45) is 4.68. The molecule has 2 rings (SSSR count). The molecule has 1 aliphatic carbocycles. The Bertz CT molecular complexity index is 455. The van der Waals surface area contributed by atoms with Crippen molar-refractivity contribution in [1.82, 2.24) is 5.32 Å². The van der Waals surface area contributed by atoms with Gasteiger partial charge in [0.25, 0.3) is 0 Å². The number of carbonyl (C=O) groups is 1. The molecule has 1 saturated carbocycles. The van der Waals surface area contributed by atoms with Crippen LogP contribution in [0.3, 0.4) is 0 Å². The van der Waals surface area contributed by atoms with Crippen LogP contribution in [0.25, 0.3) is 0 Å². The van der Waals surface area contributed by atoms with Crippen LogP contribution in [0, 0.1) is 0 Å². The van der Waals surface area contributed by atoms with Crippen LogP contribution < -0.4 is 16.0 Å². The quantitative estimate of drug-likeness (QED) is 0.864. The Morgan fingerprint density at radius 1 is 1.40 bits per heavy atom. The molecule has 4 nitrogen and oxygen atoms in total. The Morgan fingerprint density at radius 2 is 2.05 bits per heavy atom. The third-order valence-electron chi connectivity index (χ3n) is 4.25. The fraction of sp³-hybridized carbons (Fsp3) is 0.562. The standard InChI is InChI=1S/C16H25N3O/c1-12(16(20)18-14-8-4-5-9-14)19(2)15-10-6-3-7-13(15)11-17/h3,6-7,10,12,14H,4-5,8-9,11,17H2,1-2H3,(H,18,20). The van der Waals surface area contributed by atoms with E-state index in [4.69, 9.17) is 5.73 Å². The Balaban J connectivity index is 2.03. The van der Waals surface area contributed by atoms with Gasteiger partial charge in [-0.3, -0.25) is 4.79 Å². The molecule has 0 spiro atoms. The molecule has 1 aliphatic rings. The van der Waals surface area contributed by atoms with E-state index in [9.17, 15) is 4.79 Å². The minimum Gasteiger partial charge on any atom is -0.363 e. The number of para-hydroxylation sites is 1. The zero-order chi connectivity index (χ0) is 14.5. The van der Waals surface area contributed by atoms with E-state index in [1.165, 1.54) is 12.8 Å². The Morgan fingerprint density at radius 3 is 2.70 bits per heavy atom. The van der Waals surface area contributed by atoms with Crippen LogP contribution in [-0.2, 0) is 11.3 Å². The van der Waals surface area contributed by atoms with Crippen molar-refractivity contribution in [1.29, 1.82) is 0 Å². The van der Waals surface area contributed by atoms with Gasteiger partial charge in [0.1, 0.15) is 6.04 Å². The van der Waals surface area contributed by atoms with Crippen molar-refractivity contribution in [3.63, 3.8) is 0 Å². The highest BCUT2D eigenvalue weighted by atomic mass is 16.2. The number of rotatable bonds is 5. The minimum atomic E-state index is -0.191. The summed E-state index contributed by atoms with van der Waals surface area (Å²) in [6, 6.07) is 8.15. The molecule has 1 atom stereocenters. The average molecular weight is 275 g/mol. The van der Waals surface area contributed by atoms with Gasteiger partial charge in [0, 0.05) is 25.3 Å². The van der Waals surface area contributed by atoms with E-state index < -0.39 is 0 Å². The van der Waals surface area contributed by atoms with E-state index in [1.54, 1.807) is 0 Å². The summed E-state index contributed by atoms with van der Waals surface area (Å²) in [5, 5.41) is 3.15. The summed E-state index contributed by atoms with van der Waals surface area (Å²) in [4.78, 5) is 14.3. The molecule has 1 aromatic rings. The van der Waals surface area contributed by atoms with E-state index in [0.717, 1.165) is 24.1 Å². The highest BCUT2D eigenvalue weighted by Gasteiger charge is 2.24. The van der Waals surface area contributed by atoms with Gasteiger partial charge < -0.3 is 16.0 Å². The third-order valence-corrected chi connectivity index (χ3v) is 4.25. The minimum absolute atomic E-state index is 0.103. The van der Waals surface area contributed by atoms with Gasteiger partial charge in [0.05, 0.1) is 0 Å². The van der Waals surface area contributed by atoms with Gasteiger partial charge in [-0.25, -0.2) is 0 Å². The second-order valence-electron chi connectivity index (χ2n) is 5.61. The van der Waals surface area contributed by atoms with Gasteiger partial charge in [-0.2, -0.15) is 0 Å². The first-order valence-electron chi connectivity index (χ1n) is 7.44. The molecule has 1 fully saturated rings. The first-order valence-corrected chi connectivity index (χ1v) is 7.44. The van der Waals surface area contributed by atoms with Gasteiger partial charge in [-0.1, -0.05) is 31.0 Å². The first-order chi connectivity index (χ1) is 9.63. The van der Waals surface area contributed by atoms with Crippen molar-refractivity contribution in [3.05, 3.63) is 29.8 Å². The Labute approximate surface area is 121 Å². The number of nitrogens with one attached hydrogen (secondary N) is 1. The van der Waals surface area contributed by atoms with Crippen LogP contribution in [0.1, 0.15) is 38.2 Å². The number of anilines is 1. The van der Waals surface area contributed by atoms with Crippen LogP contribution in [-0.4, -0.2) is 25.0 Å². The summed E-state index contributed by atoms with van der Waals surface area (Å²) in [5.41, 5.74) is 7.87. The maximum absolute atomic E-state index is 12.3. The lowest BCUT2D eigenvalue weighted by Crippen LogP contribution is -2.46. The first kappa shape index (κ1) is 14.9. The average Bonchev–Trinajstić information content (AvgIpc) is 2.98. The summed E-state index contributed by atoms with van der Waals surface area (Å²) in [7, 11) is 1.95. The molecule has 110 valence electrons. The molecule has 0 saturated heterocycles. The fourth-order valence-electron chi connectivity index (χ4n) is 2.80. The van der Waals surface area contributed by atoms with Crippen LogP contribution in [0.15, 0.2) is 24.3 Å². The Kier molecular flexibility index (Phi) is 5.01. The molecule has 0 aliphatic heterocycles. The molecule has 3 N–H and O–H groups in total. The molecular formula is C16H25N3O. The second-order valence-corrected chi connectivity index (χ2v) is 5.61. The number of hydrogen-bond acceptors (Lipinski definition) is 3. The van der Waals surface area contributed by atoms with Crippen molar-refractivity contribution in [2.75, 3.05) is 11.9 Å². The lowest BCUT2D eigenvalue weighted by atomic mass is 10.1. The largest absolute Gasteiger partial charge is 0.363 e. The second kappa shape index (κ2) is 6.75. The zero-order valence-electron chi connectivity index (χ0n) is 12.4. The predicted octanol–water partition coefficient (Wildman–Crippen LogP) is 2.03. The lowest BCUT2D eigenvalue weighted by Gasteiger charge is -2.29. The van der Waals surface area contributed by atoms with Gasteiger partial charge in [0.2, 0.25) is 5.91 Å². The van der Waals surface area contributed by atoms with Gasteiger partial charge in [-0.15, -0.1) is 0 Å². The van der Waals surface area contributed by atoms with Crippen molar-refractivity contribution >= 4 is 11.6 Å². The molecule has 0 heterocycles. The van der Waals surface area contributed by atoms with Crippen LogP contribution in [0.5, 0.6) is 0 Å². The van der Waals surface area contributed by atoms with Crippen LogP contribution >= 0.6 is 0 Å². The molecule has 0 radical (unpaired) electrons. The predicted molar refractivity (Wildman–Crippen MR) is 82.6 cm³/mol. The van der Waals surface area contributed by atoms with Crippen molar-refractivity contribution in [2.45, 2.75) is 51.2 Å². The van der Waals surface area contributed by atoms with Gasteiger partial charge >= 0.3 is 0 Å². The molecule has 1 aromatic carbocycles. The van der Waals surface area contributed by atoms with E-state index in [-0.39, 0.29) is 11.9 Å². The number of nitrogens with two attached hydrogens (primary N) is 1. The van der Waals surface area contributed by atoms with Crippen molar-refractivity contribution in [3.8, 4) is 0 Å². The summed E-state index contributed by atoms with van der Waals surface area (Å²) >= 11 is 0. The lowest BCUT2D eigenvalue weighted by molar-refractivity contribution is -0.122. The molecule has 20 heavy (non-hydrogen) atoms. The molecule has 0 bridgehead atoms. The number of nitrogens with zero attached hydrogens (tertiary/aromatic N) is 1. The van der Waals surface area contributed by atoms with Crippen LogP contribution in [0.4, 0.5) is 5.69 Å². The van der Waals surface area contributed by atoms with E-state index >= 15 is 0 Å². The van der Waals surface area contributed by atoms with Gasteiger partial charge in [-0.05, 0) is 31.4 Å². The van der Waals surface area contributed by atoms with Gasteiger partial charge in [0.15, 0.2) is 0 Å². The highest BCUT2D eigenvalue weighted by molar-refractivity contribution is 5.85. The number of carbonyl (C=O) groups excluding carboxylic acids is 1. The summed E-state index contributed by atoms with van der Waals surface area (Å²) < 4.78 is 0. The monoisotopic (exact) mass is 275 g/mol. The highest BCUT2D eigenvalue weighted by Crippen LogP contribution is 2.22. The normalized spacial score (nSPS) is 16.9. The molecule has 1 unspecified atom stereocenters. The zero-order valence-corrected chi connectivity index (χ0v) is 12.4. The van der Waals surface area contributed by atoms with Crippen molar-refractivity contribution < 1.29 is 4.79 Å². The SMILES string of the molecule is CC(C(=O)NC1CCCC1)N(C)c1ccccc1CN. The Hall–Kier alpha value is -1.55. The smallest absolute Gasteiger partial charge is 0.242 e. The third kappa shape index (κ3) is 3.31. The van der Waals surface area contributed by atoms with E-state index in [0.29, 0.717) is 12.6 Å². The fourth-order valence-corrected chi connectivity index (χ4v) is 2.80. The van der Waals surface area contributed by atoms with Crippen molar-refractivity contribution in [2.24, 2.45) is 5.73 Å². The maximum Gasteiger partial charge on any atom is 0.242 e. The molecule has 0 aromatic heterocycles. The topological polar surface area (TPSA) is 58.4 Å². The number of benzene rings is 1. The van der Waals surface area contributed by atoms with Crippen LogP contribution in [0.2, 0.25) is 0 Å². The molecule has 4 heteroatoms. The van der Waals surface area contributed by atoms with E-state index in [2.05, 4.69) is 5.32 Å². The number of hydrogen-bond donors (Lipinski definition) is 2. The number of likely N-dealkylation sites (N-methyl/N-ethyl adjacent to an activating group) is 1. The molecule has 1 amide bonds. The summed E-state index contributed by atoms with van der Waals surface area (Å²) in [6.45, 7) is 2.43. The van der Waals surface area contributed by atoms with E-state index in [1.807, 2.05) is 43.1 Å². The number of amides is 1. The molecular weight excluding hydrogens is 250 g/mol. The maximum atomic E-state index is 12.3.